The number of rotatable bonds is 9. The van der Waals surface area contributed by atoms with Crippen molar-refractivity contribution in [1.29, 1.82) is 0 Å². The maximum absolute atomic E-state index is 12.1. The van der Waals surface area contributed by atoms with Crippen LogP contribution in [0.4, 0.5) is 0 Å². The highest BCUT2D eigenvalue weighted by Gasteiger charge is 2.15. The number of thiophene rings is 1. The molecule has 0 spiro atoms. The lowest BCUT2D eigenvalue weighted by molar-refractivity contribution is -0.127. The Balaban J connectivity index is 1.86. The van der Waals surface area contributed by atoms with Gasteiger partial charge in [0.15, 0.2) is 0 Å². The smallest absolute Gasteiger partial charge is 0.239 e. The van der Waals surface area contributed by atoms with Crippen molar-refractivity contribution in [3.05, 3.63) is 46.5 Å². The zero-order valence-electron chi connectivity index (χ0n) is 14.0. The monoisotopic (exact) mass is 349 g/mol. The summed E-state index contributed by atoms with van der Waals surface area (Å²) < 4.78 is 5.37. The van der Waals surface area contributed by atoms with Crippen molar-refractivity contribution in [2.24, 2.45) is 0 Å². The Morgan fingerprint density at radius 1 is 1.21 bits per heavy atom. The Morgan fingerprint density at radius 3 is 2.67 bits per heavy atom. The predicted molar refractivity (Wildman–Crippen MR) is 93.4 cm³/mol. The van der Waals surface area contributed by atoms with E-state index in [2.05, 4.69) is 10.6 Å². The van der Waals surface area contributed by atoms with E-state index < -0.39 is 0 Å². The normalized spacial score (nSPS) is 11.0. The number of amides is 2. The lowest BCUT2D eigenvalue weighted by Gasteiger charge is -2.20. The molecule has 0 aliphatic rings. The van der Waals surface area contributed by atoms with Crippen LogP contribution in [-0.4, -0.2) is 35.8 Å². The number of hydrogen-bond donors (Lipinski definition) is 2. The molecule has 0 unspecified atom stereocenters. The molecule has 130 valence electrons. The summed E-state index contributed by atoms with van der Waals surface area (Å²) >= 11 is 1.65. The number of carbonyl (C=O) groups excluding carboxylic acids is 2. The number of hydrogen-bond acceptors (Lipinski definition) is 5. The van der Waals surface area contributed by atoms with Gasteiger partial charge in [0.25, 0.3) is 0 Å². The van der Waals surface area contributed by atoms with E-state index in [1.54, 1.807) is 17.6 Å². The number of furan rings is 1. The summed E-state index contributed by atoms with van der Waals surface area (Å²) in [5.41, 5.74) is 0. The van der Waals surface area contributed by atoms with Gasteiger partial charge in [0.2, 0.25) is 11.8 Å². The Labute approximate surface area is 145 Å². The van der Waals surface area contributed by atoms with E-state index >= 15 is 0 Å². The molecule has 0 aliphatic carbocycles. The molecule has 2 aromatic rings. The quantitative estimate of drug-likeness (QED) is 0.726. The minimum absolute atomic E-state index is 0.00932. The first-order valence-electron chi connectivity index (χ1n) is 7.86. The summed E-state index contributed by atoms with van der Waals surface area (Å²) in [6.07, 6.45) is 1.62. The molecule has 0 aliphatic heterocycles. The topological polar surface area (TPSA) is 74.6 Å². The van der Waals surface area contributed by atoms with Gasteiger partial charge in [0.05, 0.1) is 25.9 Å². The molecule has 0 bridgehead atoms. The molecular weight excluding hydrogens is 326 g/mol. The highest BCUT2D eigenvalue weighted by Crippen LogP contribution is 2.14. The van der Waals surface area contributed by atoms with Crippen LogP contribution in [0.15, 0.2) is 40.3 Å². The standard InChI is InChI=1S/C17H23N3O3S/c1-13(2)19-16(21)9-18-17(22)12-20(10-14-5-3-7-23-14)11-15-6-4-8-24-15/h3-8,13H,9-12H2,1-2H3,(H,18,22)(H,19,21). The molecular formula is C17H23N3O3S. The van der Waals surface area contributed by atoms with Crippen molar-refractivity contribution >= 4 is 23.2 Å². The molecule has 2 N–H and O–H groups in total. The molecule has 2 rings (SSSR count). The van der Waals surface area contributed by atoms with E-state index in [-0.39, 0.29) is 30.9 Å². The number of carbonyl (C=O) groups is 2. The summed E-state index contributed by atoms with van der Waals surface area (Å²) in [6, 6.07) is 7.79. The lowest BCUT2D eigenvalue weighted by atomic mass is 10.3. The van der Waals surface area contributed by atoms with Crippen LogP contribution in [0.2, 0.25) is 0 Å². The van der Waals surface area contributed by atoms with Crippen LogP contribution in [0.5, 0.6) is 0 Å². The van der Waals surface area contributed by atoms with Crippen LogP contribution >= 0.6 is 11.3 Å². The van der Waals surface area contributed by atoms with Crippen molar-refractivity contribution in [2.75, 3.05) is 13.1 Å². The van der Waals surface area contributed by atoms with Crippen LogP contribution in [0.3, 0.4) is 0 Å². The lowest BCUT2D eigenvalue weighted by Crippen LogP contribution is -2.43. The average Bonchev–Trinajstić information content (AvgIpc) is 3.18. The van der Waals surface area contributed by atoms with Gasteiger partial charge < -0.3 is 15.1 Å². The second kappa shape index (κ2) is 9.24. The van der Waals surface area contributed by atoms with Gasteiger partial charge in [-0.1, -0.05) is 6.07 Å². The van der Waals surface area contributed by atoms with Crippen molar-refractivity contribution in [3.63, 3.8) is 0 Å². The van der Waals surface area contributed by atoms with E-state index in [9.17, 15) is 9.59 Å². The molecule has 0 fully saturated rings. The Bertz CT molecular complexity index is 587. The summed E-state index contributed by atoms with van der Waals surface area (Å²) in [4.78, 5) is 26.9. The third-order valence-corrected chi connectivity index (χ3v) is 4.04. The van der Waals surface area contributed by atoms with Crippen molar-refractivity contribution in [2.45, 2.75) is 33.0 Å². The van der Waals surface area contributed by atoms with E-state index in [1.165, 1.54) is 4.88 Å². The Morgan fingerprint density at radius 2 is 2.04 bits per heavy atom. The van der Waals surface area contributed by atoms with Crippen LogP contribution in [0.25, 0.3) is 0 Å². The molecule has 24 heavy (non-hydrogen) atoms. The molecule has 0 atom stereocenters. The Hall–Kier alpha value is -2.12. The van der Waals surface area contributed by atoms with Crippen molar-refractivity contribution in [3.8, 4) is 0 Å². The van der Waals surface area contributed by atoms with Gasteiger partial charge in [-0.3, -0.25) is 14.5 Å². The molecule has 2 aromatic heterocycles. The molecule has 7 heteroatoms. The van der Waals surface area contributed by atoms with E-state index in [0.29, 0.717) is 13.1 Å². The molecule has 2 heterocycles. The number of nitrogens with one attached hydrogen (secondary N) is 2. The van der Waals surface area contributed by atoms with Gasteiger partial charge in [-0.25, -0.2) is 0 Å². The molecule has 0 saturated carbocycles. The van der Waals surface area contributed by atoms with Crippen molar-refractivity contribution < 1.29 is 14.0 Å². The van der Waals surface area contributed by atoms with Gasteiger partial charge in [-0.15, -0.1) is 11.3 Å². The zero-order valence-corrected chi connectivity index (χ0v) is 14.8. The number of nitrogens with zero attached hydrogens (tertiary/aromatic N) is 1. The van der Waals surface area contributed by atoms with E-state index in [0.717, 1.165) is 5.76 Å². The molecule has 2 amide bonds. The predicted octanol–water partition coefficient (Wildman–Crippen LogP) is 1.98. The van der Waals surface area contributed by atoms with Gasteiger partial charge in [0.1, 0.15) is 5.76 Å². The first-order chi connectivity index (χ1) is 11.5. The molecule has 0 saturated heterocycles. The second-order valence-corrected chi connectivity index (χ2v) is 6.84. The molecule has 0 aromatic carbocycles. The van der Waals surface area contributed by atoms with Crippen LogP contribution in [0, 0.1) is 0 Å². The maximum Gasteiger partial charge on any atom is 0.239 e. The van der Waals surface area contributed by atoms with Gasteiger partial charge >= 0.3 is 0 Å². The third-order valence-electron chi connectivity index (χ3n) is 3.18. The largest absolute Gasteiger partial charge is 0.468 e. The highest BCUT2D eigenvalue weighted by atomic mass is 32.1. The summed E-state index contributed by atoms with van der Waals surface area (Å²) in [5, 5.41) is 7.41. The van der Waals surface area contributed by atoms with E-state index in [4.69, 9.17) is 4.42 Å². The average molecular weight is 349 g/mol. The fraction of sp³-hybridized carbons (Fsp3) is 0.412. The van der Waals surface area contributed by atoms with Gasteiger partial charge in [-0.05, 0) is 37.4 Å². The molecule has 6 nitrogen and oxygen atoms in total. The summed E-state index contributed by atoms with van der Waals surface area (Å²) in [6.45, 7) is 5.15. The second-order valence-electron chi connectivity index (χ2n) is 5.80. The first kappa shape index (κ1) is 18.2. The van der Waals surface area contributed by atoms with E-state index in [1.807, 2.05) is 48.4 Å². The zero-order chi connectivity index (χ0) is 17.4. The summed E-state index contributed by atoms with van der Waals surface area (Å²) in [5.74, 6) is 0.433. The minimum Gasteiger partial charge on any atom is -0.468 e. The summed E-state index contributed by atoms with van der Waals surface area (Å²) in [7, 11) is 0. The maximum atomic E-state index is 12.1. The third kappa shape index (κ3) is 6.55. The SMILES string of the molecule is CC(C)NC(=O)CNC(=O)CN(Cc1ccco1)Cc1cccs1. The van der Waals surface area contributed by atoms with Crippen LogP contribution < -0.4 is 10.6 Å². The first-order valence-corrected chi connectivity index (χ1v) is 8.74. The van der Waals surface area contributed by atoms with Gasteiger partial charge in [0, 0.05) is 17.5 Å². The fourth-order valence-corrected chi connectivity index (χ4v) is 2.97. The van der Waals surface area contributed by atoms with Crippen LogP contribution in [0.1, 0.15) is 24.5 Å². The Kier molecular flexibility index (Phi) is 7.02. The van der Waals surface area contributed by atoms with Crippen molar-refractivity contribution in [1.82, 2.24) is 15.5 Å². The minimum atomic E-state index is -0.186. The van der Waals surface area contributed by atoms with Crippen LogP contribution in [-0.2, 0) is 22.7 Å². The molecule has 0 radical (unpaired) electrons. The van der Waals surface area contributed by atoms with Gasteiger partial charge in [-0.2, -0.15) is 0 Å². The fourth-order valence-electron chi connectivity index (χ4n) is 2.22. The highest BCUT2D eigenvalue weighted by molar-refractivity contribution is 7.09.